The summed E-state index contributed by atoms with van der Waals surface area (Å²) in [5, 5.41) is 6.62. The van der Waals surface area contributed by atoms with Crippen LogP contribution < -0.4 is 14.8 Å². The standard InChI is InChI=1S/C15H17N3O5S/c1-8-4-13(23-17-8)10-6-15(19)16-11-7-12(18-24(3,20)21)14(22-2)5-9(10)11/h4-5,7,10,18H,6H2,1-3H3,(H,16,19). The van der Waals surface area contributed by atoms with Gasteiger partial charge in [-0.1, -0.05) is 5.16 Å². The van der Waals surface area contributed by atoms with Gasteiger partial charge in [0, 0.05) is 18.2 Å². The Hall–Kier alpha value is -2.55. The molecule has 1 aliphatic heterocycles. The van der Waals surface area contributed by atoms with E-state index in [4.69, 9.17) is 9.26 Å². The van der Waals surface area contributed by atoms with E-state index in [0.29, 0.717) is 17.2 Å². The van der Waals surface area contributed by atoms with Crippen molar-refractivity contribution in [1.82, 2.24) is 5.16 Å². The van der Waals surface area contributed by atoms with E-state index in [0.717, 1.165) is 17.5 Å². The molecule has 1 unspecified atom stereocenters. The van der Waals surface area contributed by atoms with E-state index in [9.17, 15) is 13.2 Å². The number of carbonyl (C=O) groups is 1. The van der Waals surface area contributed by atoms with Gasteiger partial charge in [0.2, 0.25) is 15.9 Å². The number of rotatable bonds is 4. The fraction of sp³-hybridized carbons (Fsp3) is 0.333. The van der Waals surface area contributed by atoms with E-state index in [2.05, 4.69) is 15.2 Å². The number of aromatic nitrogens is 1. The van der Waals surface area contributed by atoms with E-state index < -0.39 is 10.0 Å². The van der Waals surface area contributed by atoms with Crippen molar-refractivity contribution in [3.05, 3.63) is 35.2 Å². The Morgan fingerprint density at radius 1 is 1.38 bits per heavy atom. The monoisotopic (exact) mass is 351 g/mol. The van der Waals surface area contributed by atoms with Crippen LogP contribution in [0.2, 0.25) is 0 Å². The lowest BCUT2D eigenvalue weighted by Crippen LogP contribution is -2.24. The number of hydrogen-bond acceptors (Lipinski definition) is 6. The largest absolute Gasteiger partial charge is 0.495 e. The molecular formula is C15H17N3O5S. The van der Waals surface area contributed by atoms with Crippen molar-refractivity contribution in [3.63, 3.8) is 0 Å². The molecule has 1 aliphatic rings. The summed E-state index contributed by atoms with van der Waals surface area (Å²) in [5.41, 5.74) is 2.27. The van der Waals surface area contributed by atoms with Crippen LogP contribution in [0.15, 0.2) is 22.7 Å². The maximum atomic E-state index is 12.0. The molecule has 1 amide bonds. The number of methoxy groups -OCH3 is 1. The number of anilines is 2. The number of hydrogen-bond donors (Lipinski definition) is 2. The Kier molecular flexibility index (Phi) is 3.96. The van der Waals surface area contributed by atoms with Gasteiger partial charge in [0.1, 0.15) is 11.5 Å². The normalized spacial score (nSPS) is 17.1. The van der Waals surface area contributed by atoms with E-state index in [-0.39, 0.29) is 23.9 Å². The van der Waals surface area contributed by atoms with Crippen molar-refractivity contribution in [2.45, 2.75) is 19.3 Å². The lowest BCUT2D eigenvalue weighted by molar-refractivity contribution is -0.116. The minimum Gasteiger partial charge on any atom is -0.495 e. The third-order valence-corrected chi connectivity index (χ3v) is 4.29. The van der Waals surface area contributed by atoms with Crippen molar-refractivity contribution >= 4 is 27.3 Å². The number of nitrogens with zero attached hydrogens (tertiary/aromatic N) is 1. The Balaban J connectivity index is 2.11. The first-order valence-electron chi connectivity index (χ1n) is 7.19. The van der Waals surface area contributed by atoms with Gasteiger partial charge in [-0.15, -0.1) is 0 Å². The molecule has 0 fully saturated rings. The van der Waals surface area contributed by atoms with Crippen LogP contribution in [0, 0.1) is 6.92 Å². The third kappa shape index (κ3) is 3.21. The van der Waals surface area contributed by atoms with Crippen LogP contribution in [0.1, 0.15) is 29.4 Å². The highest BCUT2D eigenvalue weighted by atomic mass is 32.2. The molecule has 0 aliphatic carbocycles. The number of ether oxygens (including phenoxy) is 1. The maximum absolute atomic E-state index is 12.0. The molecule has 128 valence electrons. The van der Waals surface area contributed by atoms with Crippen LogP contribution >= 0.6 is 0 Å². The van der Waals surface area contributed by atoms with Gasteiger partial charge in [0.15, 0.2) is 0 Å². The summed E-state index contributed by atoms with van der Waals surface area (Å²) in [6.45, 7) is 1.80. The minimum absolute atomic E-state index is 0.183. The molecule has 0 saturated carbocycles. The molecule has 3 rings (SSSR count). The Morgan fingerprint density at radius 3 is 2.71 bits per heavy atom. The molecule has 24 heavy (non-hydrogen) atoms. The quantitative estimate of drug-likeness (QED) is 0.869. The lowest BCUT2D eigenvalue weighted by atomic mass is 9.88. The summed E-state index contributed by atoms with van der Waals surface area (Å²) in [4.78, 5) is 12.0. The summed E-state index contributed by atoms with van der Waals surface area (Å²) in [5.74, 6) is 0.444. The second kappa shape index (κ2) is 5.82. The second-order valence-corrected chi connectivity index (χ2v) is 7.44. The first-order valence-corrected chi connectivity index (χ1v) is 9.09. The van der Waals surface area contributed by atoms with E-state index in [1.54, 1.807) is 25.1 Å². The Morgan fingerprint density at radius 2 is 2.12 bits per heavy atom. The van der Waals surface area contributed by atoms with Crippen molar-refractivity contribution in [2.75, 3.05) is 23.4 Å². The zero-order valence-corrected chi connectivity index (χ0v) is 14.2. The number of amides is 1. The topological polar surface area (TPSA) is 111 Å². The Bertz CT molecular complexity index is 904. The zero-order valence-electron chi connectivity index (χ0n) is 13.4. The fourth-order valence-corrected chi connectivity index (χ4v) is 3.30. The average Bonchev–Trinajstić information content (AvgIpc) is 2.90. The van der Waals surface area contributed by atoms with E-state index >= 15 is 0 Å². The first kappa shape index (κ1) is 16.3. The van der Waals surface area contributed by atoms with Gasteiger partial charge in [-0.25, -0.2) is 8.42 Å². The molecule has 9 heteroatoms. The van der Waals surface area contributed by atoms with Crippen LogP contribution in [-0.2, 0) is 14.8 Å². The molecule has 1 aromatic carbocycles. The van der Waals surface area contributed by atoms with Crippen LogP contribution in [-0.4, -0.2) is 32.8 Å². The number of fused-ring (bicyclic) bond motifs is 1. The summed E-state index contributed by atoms with van der Waals surface area (Å²) < 4.78 is 36.0. The van der Waals surface area contributed by atoms with Crippen LogP contribution in [0.5, 0.6) is 5.75 Å². The number of aryl methyl sites for hydroxylation is 1. The molecule has 0 bridgehead atoms. The summed E-state index contributed by atoms with van der Waals surface area (Å²) >= 11 is 0. The lowest BCUT2D eigenvalue weighted by Gasteiger charge is -2.25. The van der Waals surface area contributed by atoms with Crippen molar-refractivity contribution < 1.29 is 22.5 Å². The minimum atomic E-state index is -3.48. The SMILES string of the molecule is COc1cc2c(cc1NS(C)(=O)=O)NC(=O)CC2c1cc(C)no1. The number of sulfonamides is 1. The molecule has 2 N–H and O–H groups in total. The van der Waals surface area contributed by atoms with Gasteiger partial charge in [-0.05, 0) is 24.6 Å². The summed E-state index contributed by atoms with van der Waals surface area (Å²) in [6.07, 6.45) is 1.26. The maximum Gasteiger partial charge on any atom is 0.229 e. The van der Waals surface area contributed by atoms with Crippen molar-refractivity contribution in [3.8, 4) is 5.75 Å². The third-order valence-electron chi connectivity index (χ3n) is 3.70. The van der Waals surface area contributed by atoms with Crippen molar-refractivity contribution in [1.29, 1.82) is 0 Å². The molecule has 0 spiro atoms. The molecule has 8 nitrogen and oxygen atoms in total. The van der Waals surface area contributed by atoms with E-state index in [1.165, 1.54) is 7.11 Å². The summed E-state index contributed by atoms with van der Waals surface area (Å²) in [7, 11) is -2.03. The molecule has 1 atom stereocenters. The van der Waals surface area contributed by atoms with Gasteiger partial charge < -0.3 is 14.6 Å². The van der Waals surface area contributed by atoms with Crippen LogP contribution in [0.3, 0.4) is 0 Å². The molecule has 2 heterocycles. The van der Waals surface area contributed by atoms with Gasteiger partial charge >= 0.3 is 0 Å². The van der Waals surface area contributed by atoms with Crippen molar-refractivity contribution in [2.24, 2.45) is 0 Å². The van der Waals surface area contributed by atoms with Gasteiger partial charge in [-0.2, -0.15) is 0 Å². The van der Waals surface area contributed by atoms with Crippen LogP contribution in [0.4, 0.5) is 11.4 Å². The number of carbonyl (C=O) groups excluding carboxylic acids is 1. The van der Waals surface area contributed by atoms with Gasteiger partial charge in [0.05, 0.1) is 30.7 Å². The highest BCUT2D eigenvalue weighted by Crippen LogP contribution is 2.42. The highest BCUT2D eigenvalue weighted by Gasteiger charge is 2.31. The average molecular weight is 351 g/mol. The first-order chi connectivity index (χ1) is 11.3. The predicted octanol–water partition coefficient (Wildman–Crippen LogP) is 1.84. The second-order valence-electron chi connectivity index (χ2n) is 5.69. The smallest absolute Gasteiger partial charge is 0.229 e. The highest BCUT2D eigenvalue weighted by molar-refractivity contribution is 7.92. The Labute approximate surface area is 139 Å². The predicted molar refractivity (Wildman–Crippen MR) is 87.8 cm³/mol. The zero-order chi connectivity index (χ0) is 17.5. The number of benzene rings is 1. The van der Waals surface area contributed by atoms with Crippen LogP contribution in [0.25, 0.3) is 0 Å². The molecule has 0 saturated heterocycles. The van der Waals surface area contributed by atoms with E-state index in [1.807, 2.05) is 0 Å². The number of nitrogens with one attached hydrogen (secondary N) is 2. The molecular weight excluding hydrogens is 334 g/mol. The van der Waals surface area contributed by atoms with Gasteiger partial charge in [-0.3, -0.25) is 9.52 Å². The fourth-order valence-electron chi connectivity index (χ4n) is 2.74. The molecule has 0 radical (unpaired) electrons. The molecule has 2 aromatic rings. The summed E-state index contributed by atoms with van der Waals surface area (Å²) in [6, 6.07) is 5.02. The molecule has 1 aromatic heterocycles. The van der Waals surface area contributed by atoms with Gasteiger partial charge in [0.25, 0.3) is 0 Å².